The molecule has 1 aromatic heterocycles. The molecule has 1 saturated carbocycles. The summed E-state index contributed by atoms with van der Waals surface area (Å²) < 4.78 is 10.7. The van der Waals surface area contributed by atoms with Crippen molar-refractivity contribution in [3.05, 3.63) is 58.9 Å². The minimum atomic E-state index is -0.538. The number of carbonyl (C=O) groups is 3. The number of rotatable bonds is 6. The van der Waals surface area contributed by atoms with Crippen LogP contribution in [0.5, 0.6) is 5.75 Å². The number of nitrogens with one attached hydrogen (secondary N) is 2. The lowest BCUT2D eigenvalue weighted by atomic mass is 10.1. The Morgan fingerprint density at radius 1 is 1.09 bits per heavy atom. The van der Waals surface area contributed by atoms with Crippen LogP contribution in [0.3, 0.4) is 0 Å². The van der Waals surface area contributed by atoms with Crippen LogP contribution in [0.25, 0.3) is 0 Å². The Balaban J connectivity index is 1.44. The molecule has 3 amide bonds. The van der Waals surface area contributed by atoms with Gasteiger partial charge in [0, 0.05) is 55.7 Å². The van der Waals surface area contributed by atoms with Crippen LogP contribution >= 0.6 is 0 Å². The standard InChI is InChI=1S/C26H32N4O5/c1-26(2,3)35-25(33)30-13-19-20(14-30)22(19)29-23(31)16-11-17(28-21(12-16)24(32)27-4)9-15-7-6-8-18(10-15)34-5/h6-8,10-12,19-20,22H,9,13-14H2,1-5H3,(H,27,32)(H,29,31). The van der Waals surface area contributed by atoms with Crippen LogP contribution in [0.2, 0.25) is 0 Å². The SMILES string of the molecule is CNC(=O)c1cc(C(=O)NC2C3CN(C(=O)OC(C)(C)C)CC32)cc(Cc2cccc(OC)c2)n1. The van der Waals surface area contributed by atoms with Crippen LogP contribution in [0.4, 0.5) is 4.79 Å². The quantitative estimate of drug-likeness (QED) is 0.658. The van der Waals surface area contributed by atoms with Crippen molar-refractivity contribution >= 4 is 17.9 Å². The monoisotopic (exact) mass is 480 g/mol. The van der Waals surface area contributed by atoms with E-state index < -0.39 is 5.60 Å². The van der Waals surface area contributed by atoms with Crippen molar-refractivity contribution in [2.24, 2.45) is 11.8 Å². The molecular weight excluding hydrogens is 448 g/mol. The molecule has 1 aliphatic heterocycles. The van der Waals surface area contributed by atoms with Gasteiger partial charge in [-0.1, -0.05) is 12.1 Å². The van der Waals surface area contributed by atoms with Crippen LogP contribution in [0.1, 0.15) is 52.9 Å². The van der Waals surface area contributed by atoms with Gasteiger partial charge < -0.3 is 25.0 Å². The molecule has 1 aromatic carbocycles. The number of aromatic nitrogens is 1. The predicted molar refractivity (Wildman–Crippen MR) is 129 cm³/mol. The largest absolute Gasteiger partial charge is 0.497 e. The average Bonchev–Trinajstić information content (AvgIpc) is 3.24. The van der Waals surface area contributed by atoms with Gasteiger partial charge in [0.15, 0.2) is 0 Å². The summed E-state index contributed by atoms with van der Waals surface area (Å²) in [4.78, 5) is 43.9. The molecule has 1 aliphatic carbocycles. The second-order valence-corrected chi connectivity index (χ2v) is 10.1. The van der Waals surface area contributed by atoms with Crippen LogP contribution < -0.4 is 15.4 Å². The summed E-state index contributed by atoms with van der Waals surface area (Å²) in [5.74, 6) is 0.532. The number of benzene rings is 1. The van der Waals surface area contributed by atoms with Gasteiger partial charge in [0.05, 0.1) is 7.11 Å². The van der Waals surface area contributed by atoms with Gasteiger partial charge in [-0.2, -0.15) is 0 Å². The molecule has 9 nitrogen and oxygen atoms in total. The fourth-order valence-corrected chi connectivity index (χ4v) is 4.50. The molecule has 0 spiro atoms. The molecule has 2 heterocycles. The second-order valence-electron chi connectivity index (χ2n) is 10.1. The van der Waals surface area contributed by atoms with Crippen molar-refractivity contribution in [3.8, 4) is 5.75 Å². The number of ether oxygens (including phenoxy) is 2. The van der Waals surface area contributed by atoms with E-state index in [9.17, 15) is 14.4 Å². The van der Waals surface area contributed by atoms with Crippen molar-refractivity contribution in [1.82, 2.24) is 20.5 Å². The van der Waals surface area contributed by atoms with Gasteiger partial charge in [-0.05, 0) is 50.6 Å². The molecule has 4 rings (SSSR count). The summed E-state index contributed by atoms with van der Waals surface area (Å²) in [7, 11) is 3.13. The highest BCUT2D eigenvalue weighted by Crippen LogP contribution is 2.46. The van der Waals surface area contributed by atoms with E-state index in [1.807, 2.05) is 45.0 Å². The minimum absolute atomic E-state index is 0.000335. The molecule has 2 unspecified atom stereocenters. The van der Waals surface area contributed by atoms with Gasteiger partial charge in [0.2, 0.25) is 0 Å². The minimum Gasteiger partial charge on any atom is -0.497 e. The maximum absolute atomic E-state index is 13.1. The van der Waals surface area contributed by atoms with Gasteiger partial charge in [0.1, 0.15) is 17.0 Å². The Morgan fingerprint density at radius 3 is 2.43 bits per heavy atom. The molecule has 2 N–H and O–H groups in total. The number of methoxy groups -OCH3 is 1. The number of pyridine rings is 1. The Kier molecular flexibility index (Phi) is 6.69. The number of fused-ring (bicyclic) bond motifs is 1. The molecule has 0 radical (unpaired) electrons. The zero-order valence-corrected chi connectivity index (χ0v) is 20.8. The van der Waals surface area contributed by atoms with Gasteiger partial charge >= 0.3 is 6.09 Å². The maximum Gasteiger partial charge on any atom is 0.410 e. The highest BCUT2D eigenvalue weighted by molar-refractivity contribution is 5.99. The van der Waals surface area contributed by atoms with E-state index >= 15 is 0 Å². The van der Waals surface area contributed by atoms with Crippen molar-refractivity contribution in [2.75, 3.05) is 27.2 Å². The van der Waals surface area contributed by atoms with E-state index in [4.69, 9.17) is 9.47 Å². The molecule has 9 heteroatoms. The average molecular weight is 481 g/mol. The predicted octanol–water partition coefficient (Wildman–Crippen LogP) is 2.64. The summed E-state index contributed by atoms with van der Waals surface area (Å²) >= 11 is 0. The molecule has 2 fully saturated rings. The summed E-state index contributed by atoms with van der Waals surface area (Å²) in [6.07, 6.45) is 0.128. The van der Waals surface area contributed by atoms with Crippen molar-refractivity contribution in [3.63, 3.8) is 0 Å². The summed E-state index contributed by atoms with van der Waals surface area (Å²) in [5.41, 5.74) is 1.59. The van der Waals surface area contributed by atoms with E-state index in [0.717, 1.165) is 11.3 Å². The summed E-state index contributed by atoms with van der Waals surface area (Å²) in [6, 6.07) is 10.8. The first-order chi connectivity index (χ1) is 16.6. The molecule has 0 bridgehead atoms. The van der Waals surface area contributed by atoms with Crippen molar-refractivity contribution in [1.29, 1.82) is 0 Å². The third-order valence-corrected chi connectivity index (χ3v) is 6.26. The van der Waals surface area contributed by atoms with Crippen LogP contribution in [0.15, 0.2) is 36.4 Å². The van der Waals surface area contributed by atoms with Gasteiger partial charge in [0.25, 0.3) is 11.8 Å². The number of hydrogen-bond donors (Lipinski definition) is 2. The smallest absolute Gasteiger partial charge is 0.410 e. The van der Waals surface area contributed by atoms with E-state index in [-0.39, 0.29) is 41.5 Å². The van der Waals surface area contributed by atoms with Gasteiger partial charge in [-0.15, -0.1) is 0 Å². The fourth-order valence-electron chi connectivity index (χ4n) is 4.50. The molecular formula is C26H32N4O5. The third-order valence-electron chi connectivity index (χ3n) is 6.26. The van der Waals surface area contributed by atoms with Gasteiger partial charge in [-0.25, -0.2) is 9.78 Å². The zero-order valence-electron chi connectivity index (χ0n) is 20.8. The van der Waals surface area contributed by atoms with E-state index in [1.165, 1.54) is 13.1 Å². The Morgan fingerprint density at radius 2 is 1.80 bits per heavy atom. The first-order valence-corrected chi connectivity index (χ1v) is 11.7. The van der Waals surface area contributed by atoms with Crippen molar-refractivity contribution in [2.45, 2.75) is 38.8 Å². The lowest BCUT2D eigenvalue weighted by molar-refractivity contribution is 0.0269. The Bertz CT molecular complexity index is 1130. The molecule has 2 aromatic rings. The summed E-state index contributed by atoms with van der Waals surface area (Å²) in [5, 5.41) is 5.65. The first kappa shape index (κ1) is 24.5. The number of carbonyl (C=O) groups excluding carboxylic acids is 3. The third kappa shape index (κ3) is 5.72. The van der Waals surface area contributed by atoms with E-state index in [1.54, 1.807) is 18.1 Å². The number of hydrogen-bond acceptors (Lipinski definition) is 6. The molecule has 2 aliphatic rings. The lowest BCUT2D eigenvalue weighted by Gasteiger charge is -2.26. The topological polar surface area (TPSA) is 110 Å². The van der Waals surface area contributed by atoms with E-state index in [2.05, 4.69) is 15.6 Å². The normalized spacial score (nSPS) is 20.6. The molecule has 186 valence electrons. The molecule has 35 heavy (non-hydrogen) atoms. The highest BCUT2D eigenvalue weighted by atomic mass is 16.6. The number of amides is 3. The van der Waals surface area contributed by atoms with E-state index in [0.29, 0.717) is 30.8 Å². The first-order valence-electron chi connectivity index (χ1n) is 11.7. The van der Waals surface area contributed by atoms with Crippen LogP contribution in [0, 0.1) is 11.8 Å². The Labute approximate surface area is 205 Å². The Hall–Kier alpha value is -3.62. The van der Waals surface area contributed by atoms with Crippen LogP contribution in [-0.2, 0) is 11.2 Å². The highest BCUT2D eigenvalue weighted by Gasteiger charge is 2.58. The number of likely N-dealkylation sites (tertiary alicyclic amines) is 1. The number of piperidine rings is 1. The lowest BCUT2D eigenvalue weighted by Crippen LogP contribution is -2.40. The van der Waals surface area contributed by atoms with Gasteiger partial charge in [-0.3, -0.25) is 9.59 Å². The zero-order chi connectivity index (χ0) is 25.3. The second kappa shape index (κ2) is 9.56. The summed E-state index contributed by atoms with van der Waals surface area (Å²) in [6.45, 7) is 6.65. The molecule has 1 saturated heterocycles. The maximum atomic E-state index is 13.1. The fraction of sp³-hybridized carbons (Fsp3) is 0.462. The van der Waals surface area contributed by atoms with Crippen LogP contribution in [-0.4, -0.2) is 66.7 Å². The molecule has 2 atom stereocenters. The number of nitrogens with zero attached hydrogens (tertiary/aromatic N) is 2. The van der Waals surface area contributed by atoms with Crippen molar-refractivity contribution < 1.29 is 23.9 Å².